The van der Waals surface area contributed by atoms with Gasteiger partial charge in [0.15, 0.2) is 0 Å². The lowest BCUT2D eigenvalue weighted by atomic mass is 9.90. The van der Waals surface area contributed by atoms with Crippen LogP contribution in [0.1, 0.15) is 52.7 Å². The number of hydrogen-bond donors (Lipinski definition) is 1. The van der Waals surface area contributed by atoms with Crippen molar-refractivity contribution in [3.63, 3.8) is 0 Å². The minimum Gasteiger partial charge on any atom is -0.465 e. The molecule has 0 radical (unpaired) electrons. The second-order valence-electron chi connectivity index (χ2n) is 9.69. The molecule has 0 aromatic heterocycles. The normalized spacial score (nSPS) is 11.7. The highest BCUT2D eigenvalue weighted by molar-refractivity contribution is 5.89. The summed E-state index contributed by atoms with van der Waals surface area (Å²) in [5, 5.41) is 10.2. The lowest BCUT2D eigenvalue weighted by Crippen LogP contribution is -2.51. The minimum atomic E-state index is -1.62. The summed E-state index contributed by atoms with van der Waals surface area (Å²) in [6.45, 7) is 23.2. The van der Waals surface area contributed by atoms with Gasteiger partial charge in [-0.2, -0.15) is 0 Å². The quantitative estimate of drug-likeness (QED) is 0.210. The molecular weight excluding hydrogens is 490 g/mol. The largest absolute Gasteiger partial charge is 0.465 e. The van der Waals surface area contributed by atoms with Gasteiger partial charge < -0.3 is 19.3 Å². The number of carbonyl (C=O) groups is 4. The molecule has 206 valence electrons. The van der Waals surface area contributed by atoms with E-state index in [4.69, 9.17) is 14.2 Å². The number of carboxylic acid groups (broad SMARTS) is 1. The third-order valence-corrected chi connectivity index (χ3v) is 5.71. The highest BCUT2D eigenvalue weighted by Crippen LogP contribution is 2.31. The SMILES string of the molecule is C=C(C)C(=O)OCC(CN(C(=O)O)C(C)(C)c1ccc(C(=C)C)cc1)C(OC(=O)C(=C)C)OC(=O)C(=C)C. The molecule has 0 spiro atoms. The van der Waals surface area contributed by atoms with E-state index in [9.17, 15) is 24.3 Å². The van der Waals surface area contributed by atoms with Crippen LogP contribution < -0.4 is 0 Å². The van der Waals surface area contributed by atoms with Crippen molar-refractivity contribution in [1.29, 1.82) is 0 Å². The number of nitrogens with zero attached hydrogens (tertiary/aromatic N) is 1. The fourth-order valence-electron chi connectivity index (χ4n) is 3.25. The van der Waals surface area contributed by atoms with Crippen LogP contribution in [-0.2, 0) is 34.1 Å². The lowest BCUT2D eigenvalue weighted by Gasteiger charge is -2.40. The molecule has 0 aliphatic carbocycles. The Hall–Kier alpha value is -4.14. The van der Waals surface area contributed by atoms with Crippen LogP contribution in [0.2, 0.25) is 0 Å². The number of rotatable bonds is 13. The van der Waals surface area contributed by atoms with Crippen LogP contribution in [-0.4, -0.2) is 53.4 Å². The van der Waals surface area contributed by atoms with Crippen LogP contribution in [0.3, 0.4) is 0 Å². The zero-order chi connectivity index (χ0) is 29.4. The number of carbonyl (C=O) groups excluding carboxylic acids is 3. The molecule has 0 heterocycles. The molecule has 1 atom stereocenters. The van der Waals surface area contributed by atoms with Gasteiger partial charge >= 0.3 is 24.0 Å². The first-order valence-electron chi connectivity index (χ1n) is 11.8. The average Bonchev–Trinajstić information content (AvgIpc) is 2.82. The van der Waals surface area contributed by atoms with Crippen molar-refractivity contribution in [2.24, 2.45) is 5.92 Å². The molecule has 9 nitrogen and oxygen atoms in total. The van der Waals surface area contributed by atoms with Gasteiger partial charge in [-0.1, -0.05) is 56.2 Å². The first-order valence-corrected chi connectivity index (χ1v) is 11.8. The molecule has 9 heteroatoms. The van der Waals surface area contributed by atoms with E-state index >= 15 is 0 Å². The van der Waals surface area contributed by atoms with Crippen molar-refractivity contribution < 1.29 is 38.5 Å². The first-order chi connectivity index (χ1) is 17.5. The Morgan fingerprint density at radius 2 is 1.29 bits per heavy atom. The minimum absolute atomic E-state index is 0.0204. The molecule has 0 saturated heterocycles. The molecule has 0 saturated carbocycles. The van der Waals surface area contributed by atoms with Crippen molar-refractivity contribution in [2.45, 2.75) is 53.4 Å². The van der Waals surface area contributed by atoms with Crippen LogP contribution >= 0.6 is 0 Å². The predicted octanol–water partition coefficient (Wildman–Crippen LogP) is 5.24. The summed E-state index contributed by atoms with van der Waals surface area (Å²) in [6.07, 6.45) is -2.92. The summed E-state index contributed by atoms with van der Waals surface area (Å²) >= 11 is 0. The Morgan fingerprint density at radius 3 is 1.66 bits per heavy atom. The summed E-state index contributed by atoms with van der Waals surface area (Å²) in [6, 6.07) is 7.24. The molecule has 1 unspecified atom stereocenters. The Kier molecular flexibility index (Phi) is 11.3. The first kappa shape index (κ1) is 31.9. The van der Waals surface area contributed by atoms with E-state index in [1.54, 1.807) is 26.0 Å². The zero-order valence-electron chi connectivity index (χ0n) is 23.0. The Bertz CT molecular complexity index is 1100. The molecule has 1 N–H and O–H groups in total. The van der Waals surface area contributed by atoms with Gasteiger partial charge in [-0.25, -0.2) is 19.2 Å². The Labute approximate surface area is 224 Å². The number of amides is 1. The number of hydrogen-bond acceptors (Lipinski definition) is 7. The van der Waals surface area contributed by atoms with Gasteiger partial charge in [0.25, 0.3) is 6.29 Å². The van der Waals surface area contributed by atoms with Crippen molar-refractivity contribution >= 4 is 29.6 Å². The van der Waals surface area contributed by atoms with Gasteiger partial charge in [0, 0.05) is 23.3 Å². The lowest BCUT2D eigenvalue weighted by molar-refractivity contribution is -0.198. The fourth-order valence-corrected chi connectivity index (χ4v) is 3.25. The van der Waals surface area contributed by atoms with Crippen LogP contribution in [0, 0.1) is 5.92 Å². The maximum Gasteiger partial charge on any atom is 0.408 e. The van der Waals surface area contributed by atoms with E-state index in [-0.39, 0.29) is 23.3 Å². The molecule has 1 aromatic carbocycles. The van der Waals surface area contributed by atoms with Crippen molar-refractivity contribution in [1.82, 2.24) is 4.90 Å². The van der Waals surface area contributed by atoms with Crippen LogP contribution in [0.5, 0.6) is 0 Å². The van der Waals surface area contributed by atoms with Gasteiger partial charge in [-0.15, -0.1) is 0 Å². The number of ether oxygens (including phenoxy) is 3. The standard InChI is InChI=1S/C29H37NO8/c1-17(2)21-11-13-23(14-12-21)29(9,10)30(28(34)35)15-22(16-36-24(31)18(3)4)27(37-25(32)19(5)6)38-26(33)20(7)8/h11-14,22,27H,1,3,5,7,15-16H2,2,4,6,8-10H3,(H,34,35). The molecule has 0 bridgehead atoms. The van der Waals surface area contributed by atoms with Crippen molar-refractivity contribution in [3.8, 4) is 0 Å². The smallest absolute Gasteiger partial charge is 0.408 e. The second kappa shape index (κ2) is 13.4. The van der Waals surface area contributed by atoms with E-state index in [0.29, 0.717) is 5.56 Å². The summed E-state index contributed by atoms with van der Waals surface area (Å²) in [5.41, 5.74) is 1.46. The zero-order valence-corrected chi connectivity index (χ0v) is 23.0. The highest BCUT2D eigenvalue weighted by Gasteiger charge is 2.39. The van der Waals surface area contributed by atoms with E-state index in [0.717, 1.165) is 16.0 Å². The fraction of sp³-hybridized carbons (Fsp3) is 0.379. The van der Waals surface area contributed by atoms with Crippen LogP contribution in [0.4, 0.5) is 4.79 Å². The summed E-state index contributed by atoms with van der Waals surface area (Å²) in [4.78, 5) is 50.5. The highest BCUT2D eigenvalue weighted by atomic mass is 16.7. The summed E-state index contributed by atoms with van der Waals surface area (Å²) in [7, 11) is 0. The van der Waals surface area contributed by atoms with Crippen LogP contribution in [0.25, 0.3) is 5.57 Å². The van der Waals surface area contributed by atoms with Gasteiger partial charge in [0.2, 0.25) is 0 Å². The van der Waals surface area contributed by atoms with E-state index in [1.807, 2.05) is 19.1 Å². The third-order valence-electron chi connectivity index (χ3n) is 5.71. The van der Waals surface area contributed by atoms with Gasteiger partial charge in [0.1, 0.15) is 6.61 Å². The molecular formula is C29H37NO8. The number of benzene rings is 1. The van der Waals surface area contributed by atoms with E-state index < -0.39 is 48.4 Å². The van der Waals surface area contributed by atoms with Crippen molar-refractivity contribution in [3.05, 3.63) is 78.4 Å². The monoisotopic (exact) mass is 527 g/mol. The third kappa shape index (κ3) is 8.76. The molecule has 38 heavy (non-hydrogen) atoms. The average molecular weight is 528 g/mol. The van der Waals surface area contributed by atoms with Gasteiger partial charge in [-0.05, 0) is 52.7 Å². The second-order valence-corrected chi connectivity index (χ2v) is 9.69. The topological polar surface area (TPSA) is 119 Å². The molecule has 1 aromatic rings. The summed E-state index contributed by atoms with van der Waals surface area (Å²) in [5.74, 6) is -3.62. The predicted molar refractivity (Wildman–Crippen MR) is 144 cm³/mol. The molecule has 1 amide bonds. The maximum absolute atomic E-state index is 12.5. The summed E-state index contributed by atoms with van der Waals surface area (Å²) < 4.78 is 16.0. The molecule has 0 aliphatic rings. The van der Waals surface area contributed by atoms with Crippen molar-refractivity contribution in [2.75, 3.05) is 13.2 Å². The molecule has 0 aliphatic heterocycles. The number of allylic oxidation sites excluding steroid dienone is 1. The Balaban J connectivity index is 3.53. The van der Waals surface area contributed by atoms with E-state index in [2.05, 4.69) is 26.3 Å². The van der Waals surface area contributed by atoms with E-state index in [1.165, 1.54) is 20.8 Å². The van der Waals surface area contributed by atoms with Crippen LogP contribution in [0.15, 0.2) is 67.3 Å². The van der Waals surface area contributed by atoms with Gasteiger partial charge in [-0.3, -0.25) is 4.90 Å². The molecule has 0 fully saturated rings. The maximum atomic E-state index is 12.5. The number of esters is 3. The van der Waals surface area contributed by atoms with Gasteiger partial charge in [0.05, 0.1) is 11.5 Å². The Morgan fingerprint density at radius 1 is 0.842 bits per heavy atom. The molecule has 1 rings (SSSR count).